The van der Waals surface area contributed by atoms with Crippen LogP contribution in [0, 0.1) is 0 Å². The molecule has 1 aliphatic carbocycles. The summed E-state index contributed by atoms with van der Waals surface area (Å²) in [7, 11) is -1.87. The lowest BCUT2D eigenvalue weighted by Gasteiger charge is -2.26. The Hall–Kier alpha value is -0.123. The van der Waals surface area contributed by atoms with Crippen molar-refractivity contribution in [2.75, 3.05) is 13.2 Å². The molecule has 0 atom stereocenters. The molecule has 0 aliphatic heterocycles. The molecule has 0 unspecified atom stereocenters. The van der Waals surface area contributed by atoms with E-state index in [1.54, 1.807) is 5.57 Å². The van der Waals surface area contributed by atoms with E-state index in [9.17, 15) is 0 Å². The van der Waals surface area contributed by atoms with Crippen LogP contribution in [-0.4, -0.2) is 21.8 Å². The van der Waals surface area contributed by atoms with Crippen LogP contribution in [0.2, 0.25) is 12.6 Å². The van der Waals surface area contributed by atoms with Crippen LogP contribution in [0.15, 0.2) is 11.6 Å². The van der Waals surface area contributed by atoms with Gasteiger partial charge in [-0.3, -0.25) is 0 Å². The fourth-order valence-corrected chi connectivity index (χ4v) is 4.68. The van der Waals surface area contributed by atoms with Gasteiger partial charge in [0, 0.05) is 13.2 Å². The quantitative estimate of drug-likeness (QED) is 0.496. The van der Waals surface area contributed by atoms with Crippen LogP contribution in [0.25, 0.3) is 0 Å². The summed E-state index contributed by atoms with van der Waals surface area (Å²) in [6.07, 6.45) is 8.92. The van der Waals surface area contributed by atoms with Gasteiger partial charge >= 0.3 is 8.56 Å². The van der Waals surface area contributed by atoms with Crippen molar-refractivity contribution in [2.24, 2.45) is 0 Å². The van der Waals surface area contributed by atoms with E-state index in [0.717, 1.165) is 19.3 Å². The second-order valence-electron chi connectivity index (χ2n) is 4.61. The highest BCUT2D eigenvalue weighted by Crippen LogP contribution is 2.25. The molecule has 0 N–H and O–H groups in total. The largest absolute Gasteiger partial charge is 0.395 e. The molecule has 2 nitrogen and oxygen atoms in total. The second kappa shape index (κ2) is 7.25. The molecule has 3 heteroatoms. The first kappa shape index (κ1) is 13.9. The molecular formula is C13H26O2Si. The standard InChI is InChI=1S/C13H26O2Si/c1-4-14-16(3,15-5-2)12-11-13-9-7-6-8-10-13/h9H,4-8,10-12H2,1-3H3. The molecule has 16 heavy (non-hydrogen) atoms. The molecule has 0 aromatic heterocycles. The molecule has 94 valence electrons. The van der Waals surface area contributed by atoms with Crippen LogP contribution in [0.3, 0.4) is 0 Å². The zero-order chi connectivity index (χ0) is 11.9. The maximum Gasteiger partial charge on any atom is 0.335 e. The van der Waals surface area contributed by atoms with Crippen molar-refractivity contribution in [3.05, 3.63) is 11.6 Å². The van der Waals surface area contributed by atoms with Gasteiger partial charge in [0.25, 0.3) is 0 Å². The SMILES string of the molecule is CCO[Si](C)(CCC1=CCCCC1)OCC. The fourth-order valence-electron chi connectivity index (χ4n) is 2.32. The van der Waals surface area contributed by atoms with E-state index in [2.05, 4.69) is 26.5 Å². The molecule has 0 heterocycles. The van der Waals surface area contributed by atoms with Crippen LogP contribution in [-0.2, 0) is 8.85 Å². The summed E-state index contributed by atoms with van der Waals surface area (Å²) < 4.78 is 11.7. The Morgan fingerprint density at radius 2 is 1.88 bits per heavy atom. The summed E-state index contributed by atoms with van der Waals surface area (Å²) in [5.74, 6) is 0. The van der Waals surface area contributed by atoms with Crippen LogP contribution in [0.5, 0.6) is 0 Å². The lowest BCUT2D eigenvalue weighted by Crippen LogP contribution is -2.38. The molecule has 1 aliphatic rings. The molecule has 0 radical (unpaired) electrons. The molecule has 0 aromatic rings. The smallest absolute Gasteiger partial charge is 0.335 e. The third-order valence-corrected chi connectivity index (χ3v) is 6.14. The Kier molecular flexibility index (Phi) is 6.32. The monoisotopic (exact) mass is 242 g/mol. The van der Waals surface area contributed by atoms with Crippen molar-refractivity contribution in [2.45, 2.75) is 58.5 Å². The maximum absolute atomic E-state index is 5.85. The highest BCUT2D eigenvalue weighted by atomic mass is 28.4. The topological polar surface area (TPSA) is 18.5 Å². The third-order valence-electron chi connectivity index (χ3n) is 3.18. The van der Waals surface area contributed by atoms with E-state index in [1.807, 2.05) is 0 Å². The van der Waals surface area contributed by atoms with E-state index in [0.29, 0.717) is 0 Å². The van der Waals surface area contributed by atoms with Crippen LogP contribution in [0.4, 0.5) is 0 Å². The van der Waals surface area contributed by atoms with Gasteiger partial charge in [-0.25, -0.2) is 0 Å². The molecule has 1 rings (SSSR count). The first-order valence-corrected chi connectivity index (χ1v) is 9.18. The van der Waals surface area contributed by atoms with Crippen molar-refractivity contribution in [3.8, 4) is 0 Å². The average molecular weight is 242 g/mol. The first-order valence-electron chi connectivity index (χ1n) is 6.66. The minimum atomic E-state index is -1.87. The van der Waals surface area contributed by atoms with Crippen molar-refractivity contribution < 1.29 is 8.85 Å². The maximum atomic E-state index is 5.85. The van der Waals surface area contributed by atoms with Crippen molar-refractivity contribution in [3.63, 3.8) is 0 Å². The van der Waals surface area contributed by atoms with E-state index < -0.39 is 8.56 Å². The fraction of sp³-hybridized carbons (Fsp3) is 0.846. The lowest BCUT2D eigenvalue weighted by atomic mass is 9.98. The molecule has 0 bridgehead atoms. The Bertz CT molecular complexity index is 220. The summed E-state index contributed by atoms with van der Waals surface area (Å²) in [5.41, 5.74) is 1.63. The second-order valence-corrected chi connectivity index (χ2v) is 7.95. The molecule has 0 saturated carbocycles. The minimum absolute atomic E-state index is 0.780. The number of allylic oxidation sites excluding steroid dienone is 2. The van der Waals surface area contributed by atoms with Crippen molar-refractivity contribution >= 4 is 8.56 Å². The Morgan fingerprint density at radius 3 is 2.38 bits per heavy atom. The van der Waals surface area contributed by atoms with Crippen LogP contribution >= 0.6 is 0 Å². The predicted molar refractivity (Wildman–Crippen MR) is 70.8 cm³/mol. The molecule has 0 fully saturated rings. The summed E-state index contributed by atoms with van der Waals surface area (Å²) in [5, 5.41) is 0. The van der Waals surface area contributed by atoms with Gasteiger partial charge in [0.2, 0.25) is 0 Å². The van der Waals surface area contributed by atoms with E-state index in [4.69, 9.17) is 8.85 Å². The summed E-state index contributed by atoms with van der Waals surface area (Å²) in [4.78, 5) is 0. The van der Waals surface area contributed by atoms with Crippen molar-refractivity contribution in [1.29, 1.82) is 0 Å². The minimum Gasteiger partial charge on any atom is -0.395 e. The van der Waals surface area contributed by atoms with E-state index in [1.165, 1.54) is 32.1 Å². The third kappa shape index (κ3) is 4.81. The molecule has 0 aromatic carbocycles. The first-order chi connectivity index (χ1) is 7.70. The van der Waals surface area contributed by atoms with Crippen LogP contribution in [0.1, 0.15) is 46.0 Å². The molecule has 0 saturated heterocycles. The van der Waals surface area contributed by atoms with Crippen molar-refractivity contribution in [1.82, 2.24) is 0 Å². The predicted octanol–water partition coefficient (Wildman–Crippen LogP) is 4.02. The van der Waals surface area contributed by atoms with Gasteiger partial charge in [-0.05, 0) is 58.5 Å². The van der Waals surface area contributed by atoms with Gasteiger partial charge in [0.05, 0.1) is 0 Å². The van der Waals surface area contributed by atoms with Gasteiger partial charge in [-0.15, -0.1) is 0 Å². The molecule has 0 spiro atoms. The summed E-state index contributed by atoms with van der Waals surface area (Å²) in [6, 6.07) is 1.11. The van der Waals surface area contributed by atoms with Crippen LogP contribution < -0.4 is 0 Å². The van der Waals surface area contributed by atoms with E-state index >= 15 is 0 Å². The normalized spacial score (nSPS) is 17.3. The van der Waals surface area contributed by atoms with E-state index in [-0.39, 0.29) is 0 Å². The number of rotatable bonds is 7. The molecular weight excluding hydrogens is 216 g/mol. The van der Waals surface area contributed by atoms with Gasteiger partial charge in [0.15, 0.2) is 0 Å². The zero-order valence-electron chi connectivity index (χ0n) is 11.1. The van der Waals surface area contributed by atoms with Gasteiger partial charge in [-0.2, -0.15) is 0 Å². The highest BCUT2D eigenvalue weighted by Gasteiger charge is 2.30. The number of hydrogen-bond donors (Lipinski definition) is 0. The Balaban J connectivity index is 2.39. The average Bonchev–Trinajstić information content (AvgIpc) is 2.29. The number of hydrogen-bond acceptors (Lipinski definition) is 2. The Labute approximate surface area is 101 Å². The lowest BCUT2D eigenvalue weighted by molar-refractivity contribution is 0.189. The zero-order valence-corrected chi connectivity index (χ0v) is 12.1. The van der Waals surface area contributed by atoms with Gasteiger partial charge < -0.3 is 8.85 Å². The molecule has 0 amide bonds. The highest BCUT2D eigenvalue weighted by molar-refractivity contribution is 6.66. The summed E-state index contributed by atoms with van der Waals surface area (Å²) >= 11 is 0. The van der Waals surface area contributed by atoms with Gasteiger partial charge in [0.1, 0.15) is 0 Å². The Morgan fingerprint density at radius 1 is 1.19 bits per heavy atom. The summed E-state index contributed by atoms with van der Waals surface area (Å²) in [6.45, 7) is 7.88. The van der Waals surface area contributed by atoms with Gasteiger partial charge in [-0.1, -0.05) is 11.6 Å².